The van der Waals surface area contributed by atoms with Crippen molar-refractivity contribution in [1.82, 2.24) is 9.62 Å². The van der Waals surface area contributed by atoms with Gasteiger partial charge in [-0.3, -0.25) is 9.69 Å². The van der Waals surface area contributed by atoms with E-state index < -0.39 is 22.0 Å². The summed E-state index contributed by atoms with van der Waals surface area (Å²) in [4.78, 5) is 24.7. The van der Waals surface area contributed by atoms with Crippen molar-refractivity contribution in [2.24, 2.45) is 5.18 Å². The van der Waals surface area contributed by atoms with E-state index in [1.807, 2.05) is 11.9 Å². The van der Waals surface area contributed by atoms with Gasteiger partial charge < -0.3 is 5.32 Å². The van der Waals surface area contributed by atoms with Gasteiger partial charge in [0.1, 0.15) is 0 Å². The number of nitroso groups, excluding NO2 is 1. The number of hydrogen-bond donors (Lipinski definition) is 2. The highest BCUT2D eigenvalue weighted by molar-refractivity contribution is 7.89. The molecule has 0 fully saturated rings. The number of fused-ring (bicyclic) bond motifs is 3. The predicted octanol–water partition coefficient (Wildman–Crippen LogP) is 0.300. The predicted molar refractivity (Wildman–Crippen MR) is 75.0 cm³/mol. The zero-order valence-corrected chi connectivity index (χ0v) is 12.3. The van der Waals surface area contributed by atoms with Gasteiger partial charge in [0.05, 0.1) is 10.6 Å². The Morgan fingerprint density at radius 2 is 2.05 bits per heavy atom. The molecule has 2 heterocycles. The third kappa shape index (κ3) is 1.96. The molecule has 112 valence electrons. The molecule has 9 heteroatoms. The Balaban J connectivity index is 2.31. The summed E-state index contributed by atoms with van der Waals surface area (Å²) < 4.78 is 26.7. The third-order valence-corrected chi connectivity index (χ3v) is 5.33. The maximum absolute atomic E-state index is 12.2. The van der Waals surface area contributed by atoms with Gasteiger partial charge in [-0.25, -0.2) is 13.1 Å². The van der Waals surface area contributed by atoms with Gasteiger partial charge in [-0.1, -0.05) is 5.18 Å². The van der Waals surface area contributed by atoms with Crippen molar-refractivity contribution < 1.29 is 13.2 Å². The summed E-state index contributed by atoms with van der Waals surface area (Å²) in [6, 6.07) is 0.186. The van der Waals surface area contributed by atoms with E-state index in [4.69, 9.17) is 0 Å². The normalized spacial score (nSPS) is 21.0. The minimum atomic E-state index is -3.68. The van der Waals surface area contributed by atoms with Crippen LogP contribution in [0.5, 0.6) is 0 Å². The summed E-state index contributed by atoms with van der Waals surface area (Å²) in [6.07, 6.45) is 0. The van der Waals surface area contributed by atoms with Crippen molar-refractivity contribution in [3.63, 3.8) is 0 Å². The summed E-state index contributed by atoms with van der Waals surface area (Å²) in [6.45, 7) is 0.977. The van der Waals surface area contributed by atoms with Crippen LogP contribution in [-0.4, -0.2) is 33.3 Å². The van der Waals surface area contributed by atoms with Gasteiger partial charge in [0.2, 0.25) is 10.0 Å². The molecular weight excluding hydrogens is 296 g/mol. The first-order chi connectivity index (χ1) is 9.89. The van der Waals surface area contributed by atoms with Crippen LogP contribution >= 0.6 is 0 Å². The van der Waals surface area contributed by atoms with E-state index >= 15 is 0 Å². The van der Waals surface area contributed by atoms with Crippen molar-refractivity contribution in [2.45, 2.75) is 24.0 Å². The van der Waals surface area contributed by atoms with Crippen LogP contribution in [0.15, 0.2) is 16.1 Å². The molecule has 8 nitrogen and oxygen atoms in total. The third-order valence-electron chi connectivity index (χ3n) is 3.85. The first-order valence-corrected chi connectivity index (χ1v) is 7.81. The molecule has 21 heavy (non-hydrogen) atoms. The van der Waals surface area contributed by atoms with Gasteiger partial charge in [-0.15, -0.1) is 4.91 Å². The van der Waals surface area contributed by atoms with Crippen molar-refractivity contribution >= 4 is 21.6 Å². The van der Waals surface area contributed by atoms with Crippen LogP contribution in [0.1, 0.15) is 22.7 Å². The standard InChI is InChI=1S/C12H14N4O4S/c1-13-21(19,20)9-3-6-10(14-12(17)11(6)15-18)8-5-16(2)4-7(8)9/h3,11,13H,4-5H2,1-2H3,(H,14,17). The van der Waals surface area contributed by atoms with Crippen molar-refractivity contribution in [2.75, 3.05) is 19.4 Å². The topological polar surface area (TPSA) is 108 Å². The van der Waals surface area contributed by atoms with Gasteiger partial charge in [-0.05, 0) is 31.3 Å². The van der Waals surface area contributed by atoms with Crippen LogP contribution in [0.3, 0.4) is 0 Å². The average Bonchev–Trinajstić information content (AvgIpc) is 2.96. The van der Waals surface area contributed by atoms with Gasteiger partial charge in [0, 0.05) is 18.7 Å². The number of nitrogens with zero attached hydrogens (tertiary/aromatic N) is 2. The second-order valence-electron chi connectivity index (χ2n) is 5.17. The smallest absolute Gasteiger partial charge is 0.257 e. The fourth-order valence-electron chi connectivity index (χ4n) is 2.87. The number of carbonyl (C=O) groups is 1. The number of amides is 1. The van der Waals surface area contributed by atoms with E-state index in [0.29, 0.717) is 29.9 Å². The number of rotatable bonds is 3. The number of hydrogen-bond acceptors (Lipinski definition) is 6. The van der Waals surface area contributed by atoms with Crippen LogP contribution in [0, 0.1) is 4.91 Å². The lowest BCUT2D eigenvalue weighted by Crippen LogP contribution is -2.21. The Morgan fingerprint density at radius 1 is 1.38 bits per heavy atom. The minimum Gasteiger partial charge on any atom is -0.323 e. The molecule has 1 unspecified atom stereocenters. The molecule has 1 amide bonds. The molecule has 0 saturated heterocycles. The molecule has 1 aromatic rings. The number of benzene rings is 1. The molecule has 2 aliphatic heterocycles. The molecule has 0 saturated carbocycles. The Labute approximate surface area is 121 Å². The molecule has 2 aliphatic rings. The van der Waals surface area contributed by atoms with Crippen LogP contribution in [0.25, 0.3) is 0 Å². The zero-order valence-electron chi connectivity index (χ0n) is 11.5. The van der Waals surface area contributed by atoms with Crippen molar-refractivity contribution in [3.05, 3.63) is 27.7 Å². The zero-order chi connectivity index (χ0) is 15.4. The summed E-state index contributed by atoms with van der Waals surface area (Å²) in [7, 11) is -0.496. The molecule has 1 aromatic carbocycles. The lowest BCUT2D eigenvalue weighted by Gasteiger charge is -2.12. The fraction of sp³-hybridized carbons (Fsp3) is 0.417. The number of carbonyl (C=O) groups excluding carboxylic acids is 1. The van der Waals surface area contributed by atoms with E-state index in [0.717, 1.165) is 5.56 Å². The Morgan fingerprint density at radius 3 is 2.67 bits per heavy atom. The molecular formula is C12H14N4O4S. The summed E-state index contributed by atoms with van der Waals surface area (Å²) >= 11 is 0. The maximum atomic E-state index is 12.2. The Hall–Kier alpha value is -1.84. The number of sulfonamides is 1. The highest BCUT2D eigenvalue weighted by atomic mass is 32.2. The lowest BCUT2D eigenvalue weighted by molar-refractivity contribution is -0.116. The van der Waals surface area contributed by atoms with Crippen LogP contribution in [0.2, 0.25) is 0 Å². The number of nitrogens with one attached hydrogen (secondary N) is 2. The monoisotopic (exact) mass is 310 g/mol. The SMILES string of the molecule is CNS(=O)(=O)c1cc2c(c3c1CN(C)C3)NC(=O)C2N=O. The Bertz CT molecular complexity index is 759. The second kappa shape index (κ2) is 4.58. The lowest BCUT2D eigenvalue weighted by atomic mass is 10.0. The molecule has 0 aromatic heterocycles. The van der Waals surface area contributed by atoms with Crippen molar-refractivity contribution in [3.8, 4) is 0 Å². The molecule has 0 bridgehead atoms. The minimum absolute atomic E-state index is 0.105. The summed E-state index contributed by atoms with van der Waals surface area (Å²) in [5.41, 5.74) is 2.25. The molecule has 0 aliphatic carbocycles. The van der Waals surface area contributed by atoms with E-state index in [2.05, 4.69) is 15.2 Å². The molecule has 3 rings (SSSR count). The maximum Gasteiger partial charge on any atom is 0.257 e. The van der Waals surface area contributed by atoms with Gasteiger partial charge in [0.25, 0.3) is 5.91 Å². The van der Waals surface area contributed by atoms with Gasteiger partial charge in [-0.2, -0.15) is 0 Å². The van der Waals surface area contributed by atoms with Crippen LogP contribution < -0.4 is 10.0 Å². The quantitative estimate of drug-likeness (QED) is 0.781. The second-order valence-corrected chi connectivity index (χ2v) is 7.03. The molecule has 0 spiro atoms. The summed E-state index contributed by atoms with van der Waals surface area (Å²) in [5.74, 6) is -0.518. The highest BCUT2D eigenvalue weighted by Gasteiger charge is 2.39. The summed E-state index contributed by atoms with van der Waals surface area (Å²) in [5, 5.41) is 5.45. The van der Waals surface area contributed by atoms with Gasteiger partial charge in [0.15, 0.2) is 6.04 Å². The van der Waals surface area contributed by atoms with Crippen LogP contribution in [-0.2, 0) is 27.9 Å². The van der Waals surface area contributed by atoms with E-state index in [1.54, 1.807) is 0 Å². The number of anilines is 1. The molecule has 0 radical (unpaired) electrons. The van der Waals surface area contributed by atoms with E-state index in [-0.39, 0.29) is 4.90 Å². The first-order valence-electron chi connectivity index (χ1n) is 6.33. The largest absolute Gasteiger partial charge is 0.323 e. The average molecular weight is 310 g/mol. The fourth-order valence-corrected chi connectivity index (χ4v) is 3.88. The first kappa shape index (κ1) is 14.1. The van der Waals surface area contributed by atoms with E-state index in [1.165, 1.54) is 13.1 Å². The Kier molecular flexibility index (Phi) is 3.08. The molecule has 2 N–H and O–H groups in total. The van der Waals surface area contributed by atoms with Gasteiger partial charge >= 0.3 is 0 Å². The van der Waals surface area contributed by atoms with Crippen LogP contribution in [0.4, 0.5) is 5.69 Å². The highest BCUT2D eigenvalue weighted by Crippen LogP contribution is 2.43. The van der Waals surface area contributed by atoms with E-state index in [9.17, 15) is 18.1 Å². The van der Waals surface area contributed by atoms with Crippen molar-refractivity contribution in [1.29, 1.82) is 0 Å². The molecule has 1 atom stereocenters.